The number of nitrogens with one attached hydrogen (secondary N) is 1. The lowest BCUT2D eigenvalue weighted by Crippen LogP contribution is -2.38. The quantitative estimate of drug-likeness (QED) is 0.443. The summed E-state index contributed by atoms with van der Waals surface area (Å²) in [4.78, 5) is 12.1. The van der Waals surface area contributed by atoms with E-state index in [2.05, 4.69) is 0 Å². The third-order valence-electron chi connectivity index (χ3n) is 6.26. The van der Waals surface area contributed by atoms with Gasteiger partial charge < -0.3 is 0 Å². The molecule has 0 atom stereocenters. The number of amides is 1. The molecule has 0 aromatic heterocycles. The van der Waals surface area contributed by atoms with Crippen LogP contribution in [0.4, 0.5) is 0 Å². The predicted molar refractivity (Wildman–Crippen MR) is 125 cm³/mol. The number of hydroxylamine groups is 1. The molecule has 0 bridgehead atoms. The van der Waals surface area contributed by atoms with Crippen LogP contribution in [0, 0.1) is 32.6 Å². The van der Waals surface area contributed by atoms with E-state index < -0.39 is 10.0 Å². The van der Waals surface area contributed by atoms with Crippen molar-refractivity contribution in [3.05, 3.63) is 63.7 Å². The molecule has 0 saturated heterocycles. The van der Waals surface area contributed by atoms with Crippen LogP contribution in [0.3, 0.4) is 0 Å². The summed E-state index contributed by atoms with van der Waals surface area (Å²) in [5, 5.41) is 9.50. The smallest absolute Gasteiger partial charge is 0.246 e. The van der Waals surface area contributed by atoms with Crippen LogP contribution in [0.5, 0.6) is 0 Å². The summed E-state index contributed by atoms with van der Waals surface area (Å²) in [6, 6.07) is 11.0. The largest absolute Gasteiger partial charge is 0.289 e. The third-order valence-corrected chi connectivity index (χ3v) is 8.63. The molecule has 0 heterocycles. The maximum absolute atomic E-state index is 13.9. The highest BCUT2D eigenvalue weighted by Gasteiger charge is 2.33. The van der Waals surface area contributed by atoms with E-state index >= 15 is 0 Å². The molecule has 0 aliphatic heterocycles. The lowest BCUT2D eigenvalue weighted by Gasteiger charge is -2.32. The second-order valence-corrected chi connectivity index (χ2v) is 11.2. The highest BCUT2D eigenvalue weighted by Crippen LogP contribution is 2.33. The van der Waals surface area contributed by atoms with Crippen molar-refractivity contribution in [1.82, 2.24) is 9.79 Å². The van der Waals surface area contributed by atoms with Gasteiger partial charge in [-0.3, -0.25) is 10.0 Å². The summed E-state index contributed by atoms with van der Waals surface area (Å²) in [5.74, 6) is -0.440. The van der Waals surface area contributed by atoms with Gasteiger partial charge in [0.15, 0.2) is 0 Å². The van der Waals surface area contributed by atoms with Gasteiger partial charge in [0.25, 0.3) is 0 Å². The monoisotopic (exact) mass is 478 g/mol. The Balaban J connectivity index is 1.89. The molecule has 6 nitrogen and oxygen atoms in total. The summed E-state index contributed by atoms with van der Waals surface area (Å²) < 4.78 is 29.3. The topological polar surface area (TPSA) is 86.7 Å². The van der Waals surface area contributed by atoms with E-state index in [1.807, 2.05) is 45.0 Å². The normalized spacial score (nSPS) is 19.2. The zero-order valence-corrected chi connectivity index (χ0v) is 20.3. The molecule has 2 aromatic carbocycles. The van der Waals surface area contributed by atoms with Gasteiger partial charge in [-0.2, -0.15) is 4.31 Å². The molecule has 3 rings (SSSR count). The predicted octanol–water partition coefficient (Wildman–Crippen LogP) is 4.77. The van der Waals surface area contributed by atoms with E-state index in [9.17, 15) is 13.2 Å². The number of aryl methyl sites for hydroxylation is 3. The first-order chi connectivity index (χ1) is 15.1. The van der Waals surface area contributed by atoms with Crippen molar-refractivity contribution < 1.29 is 18.4 Å². The molecule has 8 heteroatoms. The molecule has 1 aliphatic carbocycles. The third kappa shape index (κ3) is 5.70. The minimum absolute atomic E-state index is 0.144. The number of halogens is 1. The SMILES string of the molecule is Cc1cc(C)c(S(=O)(=O)N(Cc2ccc(Cl)cc2)CC2CCC(C(=O)NO)CC2)c(C)c1. The number of carbonyl (C=O) groups is 1. The average Bonchev–Trinajstić information content (AvgIpc) is 2.73. The number of sulfonamides is 1. The van der Waals surface area contributed by atoms with Gasteiger partial charge in [0, 0.05) is 24.0 Å². The van der Waals surface area contributed by atoms with Gasteiger partial charge in [0.05, 0.1) is 4.90 Å². The Labute approximate surface area is 195 Å². The number of hydrogen-bond donors (Lipinski definition) is 2. The van der Waals surface area contributed by atoms with Gasteiger partial charge in [0.2, 0.25) is 15.9 Å². The number of benzene rings is 2. The van der Waals surface area contributed by atoms with E-state index in [-0.39, 0.29) is 24.3 Å². The molecule has 32 heavy (non-hydrogen) atoms. The highest BCUT2D eigenvalue weighted by molar-refractivity contribution is 7.89. The van der Waals surface area contributed by atoms with Crippen LogP contribution in [0.25, 0.3) is 0 Å². The summed E-state index contributed by atoms with van der Waals surface area (Å²) >= 11 is 6.01. The van der Waals surface area contributed by atoms with Gasteiger partial charge in [-0.15, -0.1) is 0 Å². The Morgan fingerprint density at radius 3 is 2.16 bits per heavy atom. The number of rotatable bonds is 7. The second-order valence-electron chi connectivity index (χ2n) is 8.85. The highest BCUT2D eigenvalue weighted by atomic mass is 35.5. The van der Waals surface area contributed by atoms with E-state index in [1.165, 1.54) is 0 Å². The zero-order valence-electron chi connectivity index (χ0n) is 18.8. The first-order valence-corrected chi connectivity index (χ1v) is 12.7. The Morgan fingerprint density at radius 1 is 1.06 bits per heavy atom. The first-order valence-electron chi connectivity index (χ1n) is 10.9. The summed E-state index contributed by atoms with van der Waals surface area (Å²) in [7, 11) is -3.74. The number of carbonyl (C=O) groups excluding carboxylic acids is 1. The Kier molecular flexibility index (Phi) is 7.98. The maximum atomic E-state index is 13.9. The first kappa shape index (κ1) is 24.7. The molecule has 1 saturated carbocycles. The van der Waals surface area contributed by atoms with E-state index in [1.54, 1.807) is 21.9 Å². The Bertz CT molecular complexity index is 1040. The van der Waals surface area contributed by atoms with Gasteiger partial charge in [-0.1, -0.05) is 41.4 Å². The molecule has 0 spiro atoms. The number of nitrogens with zero attached hydrogens (tertiary/aromatic N) is 1. The average molecular weight is 479 g/mol. The minimum Gasteiger partial charge on any atom is -0.289 e. The van der Waals surface area contributed by atoms with Crippen LogP contribution in [0.2, 0.25) is 5.02 Å². The molecule has 2 aromatic rings. The van der Waals surface area contributed by atoms with Gasteiger partial charge in [0.1, 0.15) is 0 Å². The maximum Gasteiger partial charge on any atom is 0.246 e. The fraction of sp³-hybridized carbons (Fsp3) is 0.458. The lowest BCUT2D eigenvalue weighted by atomic mass is 9.81. The minimum atomic E-state index is -3.74. The van der Waals surface area contributed by atoms with Gasteiger partial charge >= 0.3 is 0 Å². The summed E-state index contributed by atoms with van der Waals surface area (Å²) in [6.07, 6.45) is 2.73. The van der Waals surface area contributed by atoms with E-state index in [0.717, 1.165) is 35.1 Å². The molecule has 1 amide bonds. The van der Waals surface area contributed by atoms with Crippen LogP contribution in [-0.2, 0) is 21.4 Å². The molecule has 0 radical (unpaired) electrons. The van der Waals surface area contributed by atoms with Crippen LogP contribution in [0.15, 0.2) is 41.3 Å². The molecule has 174 valence electrons. The lowest BCUT2D eigenvalue weighted by molar-refractivity contribution is -0.134. The fourth-order valence-electron chi connectivity index (χ4n) is 4.73. The van der Waals surface area contributed by atoms with E-state index in [0.29, 0.717) is 29.3 Å². The molecule has 1 fully saturated rings. The van der Waals surface area contributed by atoms with Crippen molar-refractivity contribution in [2.24, 2.45) is 11.8 Å². The fourth-order valence-corrected chi connectivity index (χ4v) is 6.77. The molecular formula is C24H31ClN2O4S. The Hall–Kier alpha value is -1.93. The number of hydrogen-bond acceptors (Lipinski definition) is 4. The van der Waals surface area contributed by atoms with Crippen molar-refractivity contribution >= 4 is 27.5 Å². The standard InChI is InChI=1S/C24H31ClN2O4S/c1-16-12-17(2)23(18(3)13-16)32(30,31)27(15-20-6-10-22(25)11-7-20)14-19-4-8-21(9-5-19)24(28)26-29/h6-7,10-13,19,21,29H,4-5,8-9,14-15H2,1-3H3,(H,26,28). The van der Waals surface area contributed by atoms with Crippen molar-refractivity contribution in [3.63, 3.8) is 0 Å². The Morgan fingerprint density at radius 2 is 1.62 bits per heavy atom. The van der Waals surface area contributed by atoms with Crippen LogP contribution >= 0.6 is 11.6 Å². The van der Waals surface area contributed by atoms with Crippen molar-refractivity contribution in [2.45, 2.75) is 57.9 Å². The molecular weight excluding hydrogens is 448 g/mol. The van der Waals surface area contributed by atoms with Crippen LogP contribution in [0.1, 0.15) is 47.9 Å². The summed E-state index contributed by atoms with van der Waals surface area (Å²) in [5.41, 5.74) is 5.12. The van der Waals surface area contributed by atoms with Gasteiger partial charge in [-0.25, -0.2) is 13.9 Å². The van der Waals surface area contributed by atoms with Crippen LogP contribution < -0.4 is 5.48 Å². The van der Waals surface area contributed by atoms with E-state index in [4.69, 9.17) is 16.8 Å². The van der Waals surface area contributed by atoms with Crippen molar-refractivity contribution in [3.8, 4) is 0 Å². The van der Waals surface area contributed by atoms with Crippen LogP contribution in [-0.4, -0.2) is 30.4 Å². The van der Waals surface area contributed by atoms with Gasteiger partial charge in [-0.05, 0) is 81.2 Å². The zero-order chi connectivity index (χ0) is 23.5. The molecule has 2 N–H and O–H groups in total. The molecule has 0 unspecified atom stereocenters. The second kappa shape index (κ2) is 10.3. The summed E-state index contributed by atoms with van der Waals surface area (Å²) in [6.45, 7) is 6.27. The van der Waals surface area contributed by atoms with Crippen molar-refractivity contribution in [2.75, 3.05) is 6.54 Å². The van der Waals surface area contributed by atoms with Crippen molar-refractivity contribution in [1.29, 1.82) is 0 Å². The molecule has 1 aliphatic rings.